The summed E-state index contributed by atoms with van der Waals surface area (Å²) in [6.07, 6.45) is 4.10. The molecule has 4 heteroatoms. The minimum atomic E-state index is -0.401. The third kappa shape index (κ3) is 1.79. The van der Waals surface area contributed by atoms with Crippen LogP contribution in [0.3, 0.4) is 0 Å². The number of aliphatic hydroxyl groups is 1. The van der Waals surface area contributed by atoms with Gasteiger partial charge in [0.1, 0.15) is 5.75 Å². The summed E-state index contributed by atoms with van der Waals surface area (Å²) in [5.41, 5.74) is 2.43. The second-order valence-electron chi connectivity index (χ2n) is 7.69. The van der Waals surface area contributed by atoms with Crippen LogP contribution in [0.2, 0.25) is 0 Å². The molecule has 6 atom stereocenters. The first-order valence-electron chi connectivity index (χ1n) is 8.37. The molecule has 2 N–H and O–H groups in total. The molecule has 0 aromatic heterocycles. The summed E-state index contributed by atoms with van der Waals surface area (Å²) in [5, 5.41) is 23.6. The van der Waals surface area contributed by atoms with Crippen molar-refractivity contribution in [1.82, 2.24) is 0 Å². The molecule has 0 amide bonds. The van der Waals surface area contributed by atoms with Crippen molar-refractivity contribution in [2.75, 3.05) is 0 Å². The molecule has 0 heterocycles. The van der Waals surface area contributed by atoms with Crippen molar-refractivity contribution in [2.24, 2.45) is 22.4 Å². The molecule has 4 nitrogen and oxygen atoms in total. The van der Waals surface area contributed by atoms with Gasteiger partial charge in [-0.15, -0.1) is 0 Å². The number of nitroso groups, excluding NO2 is 1. The van der Waals surface area contributed by atoms with Crippen LogP contribution in [-0.2, 0) is 6.42 Å². The van der Waals surface area contributed by atoms with E-state index in [1.807, 2.05) is 6.07 Å². The summed E-state index contributed by atoms with van der Waals surface area (Å²) >= 11 is 0. The van der Waals surface area contributed by atoms with Crippen LogP contribution in [0.4, 0.5) is 0 Å². The molecule has 0 spiro atoms. The largest absolute Gasteiger partial charge is 0.508 e. The lowest BCUT2D eigenvalue weighted by atomic mass is 9.55. The number of aromatic hydroxyl groups is 1. The van der Waals surface area contributed by atoms with Gasteiger partial charge < -0.3 is 10.2 Å². The summed E-state index contributed by atoms with van der Waals surface area (Å²) < 4.78 is 0. The van der Waals surface area contributed by atoms with E-state index in [1.54, 1.807) is 6.07 Å². The molecule has 2 unspecified atom stereocenters. The van der Waals surface area contributed by atoms with E-state index in [1.165, 1.54) is 11.1 Å². The molecule has 1 aromatic rings. The Balaban J connectivity index is 1.74. The second kappa shape index (κ2) is 4.79. The van der Waals surface area contributed by atoms with Gasteiger partial charge in [-0.2, -0.15) is 4.91 Å². The van der Waals surface area contributed by atoms with Crippen molar-refractivity contribution in [3.63, 3.8) is 0 Å². The van der Waals surface area contributed by atoms with Gasteiger partial charge in [0, 0.05) is 0 Å². The van der Waals surface area contributed by atoms with Gasteiger partial charge in [-0.3, -0.25) is 0 Å². The van der Waals surface area contributed by atoms with E-state index in [4.69, 9.17) is 0 Å². The first kappa shape index (κ1) is 14.2. The monoisotopic (exact) mass is 301 g/mol. The van der Waals surface area contributed by atoms with E-state index >= 15 is 0 Å². The number of hydrogen-bond acceptors (Lipinski definition) is 4. The molecule has 22 heavy (non-hydrogen) atoms. The van der Waals surface area contributed by atoms with Crippen LogP contribution in [0.15, 0.2) is 23.4 Å². The van der Waals surface area contributed by atoms with Crippen LogP contribution in [-0.4, -0.2) is 22.4 Å². The topological polar surface area (TPSA) is 69.9 Å². The Bertz CT molecular complexity index is 616. The molecule has 0 aliphatic heterocycles. The van der Waals surface area contributed by atoms with Crippen molar-refractivity contribution in [3.8, 4) is 5.75 Å². The minimum Gasteiger partial charge on any atom is -0.508 e. The molecule has 3 aliphatic rings. The Morgan fingerprint density at radius 3 is 2.91 bits per heavy atom. The highest BCUT2D eigenvalue weighted by molar-refractivity contribution is 5.40. The maximum atomic E-state index is 11.3. The maximum absolute atomic E-state index is 11.3. The Morgan fingerprint density at radius 1 is 1.32 bits per heavy atom. The average molecular weight is 301 g/mol. The molecular weight excluding hydrogens is 278 g/mol. The number of hydrogen-bond donors (Lipinski definition) is 2. The summed E-state index contributed by atoms with van der Waals surface area (Å²) in [5.74, 6) is 1.40. The van der Waals surface area contributed by atoms with Gasteiger partial charge >= 0.3 is 0 Å². The minimum absolute atomic E-state index is 0.159. The zero-order valence-electron chi connectivity index (χ0n) is 12.9. The van der Waals surface area contributed by atoms with Crippen molar-refractivity contribution < 1.29 is 10.2 Å². The number of phenolic OH excluding ortho intramolecular Hbond substituents is 1. The number of aryl methyl sites for hydroxylation is 1. The van der Waals surface area contributed by atoms with Gasteiger partial charge in [-0.1, -0.05) is 18.2 Å². The van der Waals surface area contributed by atoms with E-state index in [-0.39, 0.29) is 17.4 Å². The second-order valence-corrected chi connectivity index (χ2v) is 7.69. The van der Waals surface area contributed by atoms with Crippen LogP contribution in [0, 0.1) is 22.2 Å². The number of phenols is 1. The van der Waals surface area contributed by atoms with Crippen molar-refractivity contribution in [3.05, 3.63) is 34.2 Å². The third-order valence-electron chi connectivity index (χ3n) is 6.78. The van der Waals surface area contributed by atoms with Gasteiger partial charge in [0.05, 0.1) is 12.1 Å². The number of rotatable bonds is 1. The number of benzene rings is 1. The average Bonchev–Trinajstić information content (AvgIpc) is 2.78. The molecule has 0 bridgehead atoms. The molecule has 2 fully saturated rings. The van der Waals surface area contributed by atoms with E-state index < -0.39 is 6.10 Å². The predicted octanol–water partition coefficient (Wildman–Crippen LogP) is 3.35. The molecule has 1 aromatic carbocycles. The van der Waals surface area contributed by atoms with Crippen molar-refractivity contribution >= 4 is 0 Å². The van der Waals surface area contributed by atoms with Crippen LogP contribution < -0.4 is 0 Å². The first-order chi connectivity index (χ1) is 10.5. The standard InChI is InChI=1S/C18H23NO3/c1-18-7-6-13-12-5-3-11(20)8-10(12)2-4-14(13)17(18)15(19-22)9-16(18)21/h3,5,8,13-17,20-21H,2,4,6-7,9H2,1H3/t13-,14-,15?,16?,17-,18-/m1/s1. The number of fused-ring (bicyclic) bond motifs is 5. The third-order valence-corrected chi connectivity index (χ3v) is 6.78. The summed E-state index contributed by atoms with van der Waals surface area (Å²) in [6, 6.07) is 5.47. The zero-order chi connectivity index (χ0) is 15.5. The van der Waals surface area contributed by atoms with Crippen LogP contribution in [0.5, 0.6) is 5.75 Å². The van der Waals surface area contributed by atoms with Crippen LogP contribution in [0.25, 0.3) is 0 Å². The van der Waals surface area contributed by atoms with E-state index in [0.717, 1.165) is 25.7 Å². The van der Waals surface area contributed by atoms with E-state index in [0.29, 0.717) is 24.0 Å². The SMILES string of the molecule is C[C@]12CC[C@@H]3c4ccc(O)cc4CC[C@H]3[C@@H]1C(N=O)CC2O. The zero-order valence-corrected chi connectivity index (χ0v) is 12.9. The van der Waals surface area contributed by atoms with E-state index in [9.17, 15) is 15.1 Å². The summed E-state index contributed by atoms with van der Waals surface area (Å²) in [4.78, 5) is 11.3. The molecule has 2 saturated carbocycles. The number of aliphatic hydroxyl groups excluding tert-OH is 1. The van der Waals surface area contributed by atoms with Gasteiger partial charge in [0.25, 0.3) is 0 Å². The summed E-state index contributed by atoms with van der Waals surface area (Å²) in [7, 11) is 0. The van der Waals surface area contributed by atoms with Crippen molar-refractivity contribution in [2.45, 2.75) is 57.1 Å². The highest BCUT2D eigenvalue weighted by Gasteiger charge is 2.59. The number of nitrogens with zero attached hydrogens (tertiary/aromatic N) is 1. The van der Waals surface area contributed by atoms with Crippen LogP contribution >= 0.6 is 0 Å². The van der Waals surface area contributed by atoms with Crippen molar-refractivity contribution in [1.29, 1.82) is 0 Å². The molecule has 3 aliphatic carbocycles. The fourth-order valence-electron chi connectivity index (χ4n) is 5.71. The maximum Gasteiger partial charge on any atom is 0.115 e. The fourth-order valence-corrected chi connectivity index (χ4v) is 5.71. The van der Waals surface area contributed by atoms with Gasteiger partial charge in [0.15, 0.2) is 0 Å². The smallest absolute Gasteiger partial charge is 0.115 e. The molecule has 4 rings (SSSR count). The lowest BCUT2D eigenvalue weighted by molar-refractivity contribution is -0.0247. The van der Waals surface area contributed by atoms with E-state index in [2.05, 4.69) is 18.2 Å². The van der Waals surface area contributed by atoms with Gasteiger partial charge in [-0.05, 0) is 78.5 Å². The van der Waals surface area contributed by atoms with Gasteiger partial charge in [-0.25, -0.2) is 0 Å². The lowest BCUT2D eigenvalue weighted by Crippen LogP contribution is -2.46. The highest BCUT2D eigenvalue weighted by Crippen LogP contribution is 2.61. The Labute approximate surface area is 130 Å². The molecular formula is C18H23NO3. The fraction of sp³-hybridized carbons (Fsp3) is 0.667. The first-order valence-corrected chi connectivity index (χ1v) is 8.37. The highest BCUT2D eigenvalue weighted by atomic mass is 16.3. The van der Waals surface area contributed by atoms with Gasteiger partial charge in [0.2, 0.25) is 0 Å². The normalized spacial score (nSPS) is 43.1. The Kier molecular flexibility index (Phi) is 3.09. The predicted molar refractivity (Wildman–Crippen MR) is 83.7 cm³/mol. The quantitative estimate of drug-likeness (QED) is 0.781. The molecule has 118 valence electrons. The Hall–Kier alpha value is -1.42. The molecule has 0 radical (unpaired) electrons. The summed E-state index contributed by atoms with van der Waals surface area (Å²) in [6.45, 7) is 2.15. The molecule has 0 saturated heterocycles. The van der Waals surface area contributed by atoms with Crippen LogP contribution in [0.1, 0.15) is 49.7 Å². The Morgan fingerprint density at radius 2 is 2.14 bits per heavy atom. The lowest BCUT2D eigenvalue weighted by Gasteiger charge is -2.50.